The van der Waals surface area contributed by atoms with Gasteiger partial charge in [-0.1, -0.05) is 0 Å². The SMILES string of the molecule is CC1(C)C(=O)N(c2ccc(C#N)c(C(F)(F)F)c2)C(=O)N1CC1OCCO1. The van der Waals surface area contributed by atoms with Gasteiger partial charge in [0.25, 0.3) is 5.91 Å². The van der Waals surface area contributed by atoms with E-state index in [0.29, 0.717) is 24.2 Å². The van der Waals surface area contributed by atoms with E-state index in [9.17, 15) is 22.8 Å². The number of amides is 3. The first kappa shape index (κ1) is 19.1. The van der Waals surface area contributed by atoms with Crippen molar-refractivity contribution in [2.24, 2.45) is 0 Å². The van der Waals surface area contributed by atoms with Gasteiger partial charge < -0.3 is 14.4 Å². The van der Waals surface area contributed by atoms with E-state index in [1.54, 1.807) is 0 Å². The van der Waals surface area contributed by atoms with Gasteiger partial charge in [-0.05, 0) is 32.0 Å². The molecule has 27 heavy (non-hydrogen) atoms. The van der Waals surface area contributed by atoms with Gasteiger partial charge in [-0.2, -0.15) is 18.4 Å². The van der Waals surface area contributed by atoms with E-state index < -0.39 is 41.1 Å². The lowest BCUT2D eigenvalue weighted by Crippen LogP contribution is -2.47. The average molecular weight is 383 g/mol. The van der Waals surface area contributed by atoms with Crippen molar-refractivity contribution in [2.45, 2.75) is 31.9 Å². The molecule has 3 rings (SSSR count). The first-order chi connectivity index (χ1) is 12.6. The van der Waals surface area contributed by atoms with Gasteiger partial charge in [0.05, 0.1) is 42.6 Å². The third kappa shape index (κ3) is 3.24. The summed E-state index contributed by atoms with van der Waals surface area (Å²) in [7, 11) is 0. The zero-order valence-electron chi connectivity index (χ0n) is 14.5. The molecule has 1 aromatic rings. The van der Waals surface area contributed by atoms with E-state index in [1.807, 2.05) is 0 Å². The van der Waals surface area contributed by atoms with Crippen molar-refractivity contribution in [3.63, 3.8) is 0 Å². The van der Waals surface area contributed by atoms with Crippen LogP contribution >= 0.6 is 0 Å². The van der Waals surface area contributed by atoms with Crippen LogP contribution in [-0.4, -0.2) is 48.4 Å². The van der Waals surface area contributed by atoms with E-state index in [4.69, 9.17) is 14.7 Å². The number of carbonyl (C=O) groups excluding carboxylic acids is 2. The Bertz CT molecular complexity index is 826. The van der Waals surface area contributed by atoms with Crippen LogP contribution in [0.2, 0.25) is 0 Å². The summed E-state index contributed by atoms with van der Waals surface area (Å²) < 4.78 is 50.2. The van der Waals surface area contributed by atoms with E-state index in [2.05, 4.69) is 0 Å². The summed E-state index contributed by atoms with van der Waals surface area (Å²) in [5.74, 6) is -0.677. The maximum atomic E-state index is 13.2. The van der Waals surface area contributed by atoms with Gasteiger partial charge in [-0.25, -0.2) is 9.69 Å². The molecule has 0 spiro atoms. The highest BCUT2D eigenvalue weighted by molar-refractivity contribution is 6.23. The Morgan fingerprint density at radius 1 is 1.26 bits per heavy atom. The fourth-order valence-electron chi connectivity index (χ4n) is 3.03. The molecule has 2 heterocycles. The van der Waals surface area contributed by atoms with Gasteiger partial charge in [-0.3, -0.25) is 4.79 Å². The number of alkyl halides is 3. The number of imide groups is 1. The molecule has 2 saturated heterocycles. The van der Waals surface area contributed by atoms with Crippen LogP contribution in [0.25, 0.3) is 0 Å². The van der Waals surface area contributed by atoms with Gasteiger partial charge >= 0.3 is 12.2 Å². The summed E-state index contributed by atoms with van der Waals surface area (Å²) in [4.78, 5) is 27.5. The highest BCUT2D eigenvalue weighted by Gasteiger charge is 2.53. The molecular weight excluding hydrogens is 367 g/mol. The molecule has 0 aliphatic carbocycles. The first-order valence-corrected chi connectivity index (χ1v) is 8.08. The summed E-state index contributed by atoms with van der Waals surface area (Å²) in [5, 5.41) is 8.89. The lowest BCUT2D eigenvalue weighted by Gasteiger charge is -2.29. The van der Waals surface area contributed by atoms with Crippen LogP contribution in [0.1, 0.15) is 25.0 Å². The molecule has 2 fully saturated rings. The lowest BCUT2D eigenvalue weighted by atomic mass is 10.0. The zero-order chi connectivity index (χ0) is 20.0. The van der Waals surface area contributed by atoms with Crippen LogP contribution in [0.3, 0.4) is 0 Å². The number of carbonyl (C=O) groups is 2. The Balaban J connectivity index is 1.98. The second kappa shape index (κ2) is 6.51. The molecule has 0 N–H and O–H groups in total. The molecule has 0 aromatic heterocycles. The smallest absolute Gasteiger partial charge is 0.348 e. The summed E-state index contributed by atoms with van der Waals surface area (Å²) in [6.45, 7) is 3.67. The average Bonchev–Trinajstić information content (AvgIpc) is 3.16. The van der Waals surface area contributed by atoms with Crippen molar-refractivity contribution in [2.75, 3.05) is 24.7 Å². The molecule has 1 aromatic carbocycles. The summed E-state index contributed by atoms with van der Waals surface area (Å²) >= 11 is 0. The van der Waals surface area contributed by atoms with Crippen LogP contribution in [0.4, 0.5) is 23.7 Å². The highest BCUT2D eigenvalue weighted by atomic mass is 19.4. The highest BCUT2D eigenvalue weighted by Crippen LogP contribution is 2.37. The third-order valence-corrected chi connectivity index (χ3v) is 4.53. The molecule has 0 unspecified atom stereocenters. The molecule has 0 bridgehead atoms. The number of rotatable bonds is 3. The number of hydrogen-bond acceptors (Lipinski definition) is 5. The van der Waals surface area contributed by atoms with E-state index >= 15 is 0 Å². The Kier molecular flexibility index (Phi) is 4.61. The Morgan fingerprint density at radius 3 is 2.44 bits per heavy atom. The Morgan fingerprint density at radius 2 is 1.89 bits per heavy atom. The van der Waals surface area contributed by atoms with Gasteiger partial charge in [0.1, 0.15) is 5.54 Å². The molecule has 3 amide bonds. The van der Waals surface area contributed by atoms with Crippen molar-refractivity contribution in [1.82, 2.24) is 4.90 Å². The normalized spacial score (nSPS) is 20.4. The van der Waals surface area contributed by atoms with E-state index in [-0.39, 0.29) is 12.2 Å². The number of urea groups is 1. The van der Waals surface area contributed by atoms with Crippen LogP contribution in [0, 0.1) is 11.3 Å². The fraction of sp³-hybridized carbons (Fsp3) is 0.471. The first-order valence-electron chi connectivity index (χ1n) is 8.08. The van der Waals surface area contributed by atoms with Gasteiger partial charge in [0.15, 0.2) is 6.29 Å². The predicted molar refractivity (Wildman–Crippen MR) is 85.5 cm³/mol. The molecule has 2 aliphatic rings. The Hall–Kier alpha value is -2.64. The van der Waals surface area contributed by atoms with Gasteiger partial charge in [0.2, 0.25) is 0 Å². The summed E-state index contributed by atoms with van der Waals surface area (Å²) in [5.41, 5.74) is -3.34. The maximum Gasteiger partial charge on any atom is 0.417 e. The third-order valence-electron chi connectivity index (χ3n) is 4.53. The van der Waals surface area contributed by atoms with Crippen LogP contribution < -0.4 is 4.90 Å². The zero-order valence-corrected chi connectivity index (χ0v) is 14.5. The van der Waals surface area contributed by atoms with Crippen LogP contribution in [-0.2, 0) is 20.4 Å². The maximum absolute atomic E-state index is 13.2. The van der Waals surface area contributed by atoms with Crippen LogP contribution in [0.5, 0.6) is 0 Å². The lowest BCUT2D eigenvalue weighted by molar-refractivity contribution is -0.137. The molecule has 0 saturated carbocycles. The number of hydrogen-bond donors (Lipinski definition) is 0. The monoisotopic (exact) mass is 383 g/mol. The number of ether oxygens (including phenoxy) is 2. The quantitative estimate of drug-likeness (QED) is 0.749. The second-order valence-electron chi connectivity index (χ2n) is 6.60. The number of halogens is 3. The fourth-order valence-corrected chi connectivity index (χ4v) is 3.03. The molecule has 0 atom stereocenters. The minimum absolute atomic E-state index is 0.0313. The minimum Gasteiger partial charge on any atom is -0.348 e. The van der Waals surface area contributed by atoms with Gasteiger partial charge in [0, 0.05) is 0 Å². The second-order valence-corrected chi connectivity index (χ2v) is 6.60. The molecular formula is C17H16F3N3O4. The standard InChI is InChI=1S/C17H16F3N3O4/c1-16(2)14(24)23(15(25)22(16)9-13-26-5-6-27-13)11-4-3-10(8-21)12(7-11)17(18,19)20/h3-4,7,13H,5-6,9H2,1-2H3. The van der Waals surface area contributed by atoms with Crippen molar-refractivity contribution in [1.29, 1.82) is 5.26 Å². The van der Waals surface area contributed by atoms with Crippen molar-refractivity contribution in [3.05, 3.63) is 29.3 Å². The molecule has 10 heteroatoms. The predicted octanol–water partition coefficient (Wildman–Crippen LogP) is 2.50. The molecule has 7 nitrogen and oxygen atoms in total. The van der Waals surface area contributed by atoms with Crippen molar-refractivity contribution < 1.29 is 32.2 Å². The largest absolute Gasteiger partial charge is 0.417 e. The van der Waals surface area contributed by atoms with E-state index in [0.717, 1.165) is 12.1 Å². The van der Waals surface area contributed by atoms with Crippen molar-refractivity contribution in [3.8, 4) is 6.07 Å². The summed E-state index contributed by atoms with van der Waals surface area (Å²) in [6.07, 6.45) is -5.50. The number of anilines is 1. The van der Waals surface area contributed by atoms with Crippen molar-refractivity contribution >= 4 is 17.6 Å². The summed E-state index contributed by atoms with van der Waals surface area (Å²) in [6, 6.07) is 3.41. The molecule has 2 aliphatic heterocycles. The number of nitrogens with zero attached hydrogens (tertiary/aromatic N) is 3. The molecule has 144 valence electrons. The Labute approximate surface area is 152 Å². The van der Waals surface area contributed by atoms with Crippen LogP contribution in [0.15, 0.2) is 18.2 Å². The van der Waals surface area contributed by atoms with E-state index in [1.165, 1.54) is 24.8 Å². The minimum atomic E-state index is -4.80. The number of nitriles is 1. The molecule has 0 radical (unpaired) electrons. The topological polar surface area (TPSA) is 82.9 Å². The van der Waals surface area contributed by atoms with Gasteiger partial charge in [-0.15, -0.1) is 0 Å². The number of benzene rings is 1.